The number of carbonyl (C=O) groups excluding carboxylic acids is 1. The molecule has 2 N–H and O–H groups in total. The molecule has 2 aromatic rings. The third-order valence-electron chi connectivity index (χ3n) is 2.70. The molecular formula is C16H15N3O2. The molecule has 0 aromatic heterocycles. The standard InChI is InChI=1S/C16H15N3O2/c1-3-12-4-9-16(21)15(10-12)19-18-14-7-5-13(6-8-14)17-11(2)20/h3-10,21H,1H2,2H3,(H,17,20). The molecule has 0 unspecified atom stereocenters. The van der Waals surface area contributed by atoms with Crippen LogP contribution >= 0.6 is 0 Å². The first-order valence-electron chi connectivity index (χ1n) is 6.33. The summed E-state index contributed by atoms with van der Waals surface area (Å²) in [6.07, 6.45) is 1.67. The molecule has 0 saturated carbocycles. The van der Waals surface area contributed by atoms with E-state index < -0.39 is 0 Å². The summed E-state index contributed by atoms with van der Waals surface area (Å²) in [5.41, 5.74) is 2.53. The van der Waals surface area contributed by atoms with Crippen molar-refractivity contribution < 1.29 is 9.90 Å². The van der Waals surface area contributed by atoms with Crippen molar-refractivity contribution in [1.29, 1.82) is 0 Å². The molecule has 106 valence electrons. The van der Waals surface area contributed by atoms with Gasteiger partial charge in [0.2, 0.25) is 5.91 Å². The molecule has 0 bridgehead atoms. The largest absolute Gasteiger partial charge is 0.506 e. The zero-order chi connectivity index (χ0) is 15.2. The number of nitrogens with zero attached hydrogens (tertiary/aromatic N) is 2. The van der Waals surface area contributed by atoms with Crippen LogP contribution in [0.1, 0.15) is 12.5 Å². The first-order chi connectivity index (χ1) is 10.1. The molecule has 0 aliphatic carbocycles. The van der Waals surface area contributed by atoms with Gasteiger partial charge in [-0.3, -0.25) is 4.79 Å². The highest BCUT2D eigenvalue weighted by molar-refractivity contribution is 5.88. The zero-order valence-electron chi connectivity index (χ0n) is 11.6. The van der Waals surface area contributed by atoms with Crippen molar-refractivity contribution in [3.05, 3.63) is 54.6 Å². The number of carbonyl (C=O) groups is 1. The van der Waals surface area contributed by atoms with Gasteiger partial charge in [0.25, 0.3) is 0 Å². The van der Waals surface area contributed by atoms with Gasteiger partial charge < -0.3 is 10.4 Å². The van der Waals surface area contributed by atoms with Crippen molar-refractivity contribution >= 4 is 29.0 Å². The molecule has 2 rings (SSSR count). The number of rotatable bonds is 4. The van der Waals surface area contributed by atoms with Crippen LogP contribution in [0.25, 0.3) is 6.08 Å². The first-order valence-corrected chi connectivity index (χ1v) is 6.33. The number of phenols is 1. The molecule has 0 spiro atoms. The van der Waals surface area contributed by atoms with Crippen molar-refractivity contribution in [3.63, 3.8) is 0 Å². The van der Waals surface area contributed by atoms with E-state index in [1.807, 2.05) is 0 Å². The van der Waals surface area contributed by atoms with E-state index in [-0.39, 0.29) is 11.7 Å². The van der Waals surface area contributed by atoms with Gasteiger partial charge in [-0.1, -0.05) is 18.7 Å². The molecule has 5 heteroatoms. The fourth-order valence-electron chi connectivity index (χ4n) is 1.67. The smallest absolute Gasteiger partial charge is 0.221 e. The van der Waals surface area contributed by atoms with E-state index in [4.69, 9.17) is 0 Å². The zero-order valence-corrected chi connectivity index (χ0v) is 11.6. The molecule has 0 aliphatic rings. The Morgan fingerprint density at radius 1 is 1.19 bits per heavy atom. The van der Waals surface area contributed by atoms with E-state index in [1.54, 1.807) is 48.5 Å². The van der Waals surface area contributed by atoms with Gasteiger partial charge in [0.15, 0.2) is 0 Å². The minimum atomic E-state index is -0.129. The number of nitrogens with one attached hydrogen (secondary N) is 1. The highest BCUT2D eigenvalue weighted by Gasteiger charge is 2.00. The molecule has 0 fully saturated rings. The molecule has 5 nitrogen and oxygen atoms in total. The fourth-order valence-corrected chi connectivity index (χ4v) is 1.67. The van der Waals surface area contributed by atoms with Crippen LogP contribution in [-0.2, 0) is 4.79 Å². The van der Waals surface area contributed by atoms with Crippen LogP contribution in [0.5, 0.6) is 5.75 Å². The Morgan fingerprint density at radius 2 is 1.90 bits per heavy atom. The number of azo groups is 1. The maximum absolute atomic E-state index is 10.9. The van der Waals surface area contributed by atoms with Crippen molar-refractivity contribution in [2.75, 3.05) is 5.32 Å². The maximum Gasteiger partial charge on any atom is 0.221 e. The van der Waals surface area contributed by atoms with Gasteiger partial charge in [-0.15, -0.1) is 5.11 Å². The highest BCUT2D eigenvalue weighted by Crippen LogP contribution is 2.29. The topological polar surface area (TPSA) is 74.1 Å². The summed E-state index contributed by atoms with van der Waals surface area (Å²) in [5.74, 6) is -0.0743. The quantitative estimate of drug-likeness (QED) is 0.814. The second kappa shape index (κ2) is 6.47. The summed E-state index contributed by atoms with van der Waals surface area (Å²) in [4.78, 5) is 10.9. The number of aromatic hydroxyl groups is 1. The molecule has 21 heavy (non-hydrogen) atoms. The normalized spacial score (nSPS) is 10.5. The summed E-state index contributed by atoms with van der Waals surface area (Å²) in [6.45, 7) is 5.11. The van der Waals surface area contributed by atoms with Crippen LogP contribution in [0.3, 0.4) is 0 Å². The molecule has 0 atom stereocenters. The molecular weight excluding hydrogens is 266 g/mol. The van der Waals surface area contributed by atoms with Gasteiger partial charge >= 0.3 is 0 Å². The van der Waals surface area contributed by atoms with Crippen LogP contribution < -0.4 is 5.32 Å². The van der Waals surface area contributed by atoms with E-state index in [9.17, 15) is 9.90 Å². The average molecular weight is 281 g/mol. The number of hydrogen-bond donors (Lipinski definition) is 2. The molecule has 0 radical (unpaired) electrons. The number of benzene rings is 2. The van der Waals surface area contributed by atoms with Gasteiger partial charge in [0, 0.05) is 12.6 Å². The molecule has 1 amide bonds. The predicted molar refractivity (Wildman–Crippen MR) is 83.1 cm³/mol. The first kappa shape index (κ1) is 14.5. The van der Waals surface area contributed by atoms with Crippen molar-refractivity contribution in [2.45, 2.75) is 6.92 Å². The van der Waals surface area contributed by atoms with Gasteiger partial charge in [0.05, 0.1) is 5.69 Å². The van der Waals surface area contributed by atoms with Crippen LogP contribution in [-0.4, -0.2) is 11.0 Å². The summed E-state index contributed by atoms with van der Waals surface area (Å²) in [7, 11) is 0. The molecule has 0 saturated heterocycles. The van der Waals surface area contributed by atoms with Crippen molar-refractivity contribution in [3.8, 4) is 5.75 Å². The van der Waals surface area contributed by atoms with Gasteiger partial charge in [-0.05, 0) is 42.0 Å². The highest BCUT2D eigenvalue weighted by atomic mass is 16.3. The maximum atomic E-state index is 10.9. The minimum absolute atomic E-state index is 0.0548. The third kappa shape index (κ3) is 4.01. The Kier molecular flexibility index (Phi) is 4.46. The van der Waals surface area contributed by atoms with E-state index in [2.05, 4.69) is 22.1 Å². The van der Waals surface area contributed by atoms with Crippen LogP contribution in [0, 0.1) is 0 Å². The lowest BCUT2D eigenvalue weighted by atomic mass is 10.2. The van der Waals surface area contributed by atoms with E-state index in [0.29, 0.717) is 17.1 Å². The number of phenolic OH excluding ortho intramolecular Hbond substituents is 1. The molecule has 0 aliphatic heterocycles. The Bertz CT molecular complexity index is 691. The summed E-state index contributed by atoms with van der Waals surface area (Å²) < 4.78 is 0. The Balaban J connectivity index is 2.17. The molecule has 2 aromatic carbocycles. The van der Waals surface area contributed by atoms with E-state index in [1.165, 1.54) is 6.92 Å². The Labute approximate surface area is 122 Å². The second-order valence-electron chi connectivity index (χ2n) is 4.38. The SMILES string of the molecule is C=Cc1ccc(O)c(N=Nc2ccc(NC(C)=O)cc2)c1. The number of hydrogen-bond acceptors (Lipinski definition) is 4. The third-order valence-corrected chi connectivity index (χ3v) is 2.70. The van der Waals surface area contributed by atoms with Crippen molar-refractivity contribution in [1.82, 2.24) is 0 Å². The van der Waals surface area contributed by atoms with Crippen molar-refractivity contribution in [2.24, 2.45) is 10.2 Å². The summed E-state index contributed by atoms with van der Waals surface area (Å²) >= 11 is 0. The second-order valence-corrected chi connectivity index (χ2v) is 4.38. The Morgan fingerprint density at radius 3 is 2.52 bits per heavy atom. The number of amides is 1. The summed E-state index contributed by atoms with van der Waals surface area (Å²) in [6, 6.07) is 11.9. The fraction of sp³-hybridized carbons (Fsp3) is 0.0625. The average Bonchev–Trinajstić information content (AvgIpc) is 2.47. The summed E-state index contributed by atoms with van der Waals surface area (Å²) in [5, 5.41) is 20.4. The monoisotopic (exact) mass is 281 g/mol. The van der Waals surface area contributed by atoms with Crippen LogP contribution in [0.4, 0.5) is 17.1 Å². The lowest BCUT2D eigenvalue weighted by molar-refractivity contribution is -0.114. The van der Waals surface area contributed by atoms with Gasteiger partial charge in [-0.2, -0.15) is 5.11 Å². The lowest BCUT2D eigenvalue weighted by Gasteiger charge is -2.02. The van der Waals surface area contributed by atoms with Crippen LogP contribution in [0.15, 0.2) is 59.3 Å². The minimum Gasteiger partial charge on any atom is -0.506 e. The Hall–Kier alpha value is -2.95. The van der Waals surface area contributed by atoms with Gasteiger partial charge in [0.1, 0.15) is 11.4 Å². The van der Waals surface area contributed by atoms with Crippen LogP contribution in [0.2, 0.25) is 0 Å². The van der Waals surface area contributed by atoms with E-state index >= 15 is 0 Å². The lowest BCUT2D eigenvalue weighted by Crippen LogP contribution is -2.04. The predicted octanol–water partition coefficient (Wildman–Crippen LogP) is 4.41. The number of anilines is 1. The van der Waals surface area contributed by atoms with Gasteiger partial charge in [-0.25, -0.2) is 0 Å². The van der Waals surface area contributed by atoms with E-state index in [0.717, 1.165) is 5.56 Å². The molecule has 0 heterocycles.